The molecular formula is C24H24ClF6NO3. The molecule has 4 nitrogen and oxygen atoms in total. The van der Waals surface area contributed by atoms with Gasteiger partial charge in [0.25, 0.3) is 0 Å². The molecule has 2 aliphatic rings. The third kappa shape index (κ3) is 5.44. The Morgan fingerprint density at radius 3 is 2.14 bits per heavy atom. The molecule has 2 fully saturated rings. The van der Waals surface area contributed by atoms with Crippen molar-refractivity contribution in [1.82, 2.24) is 5.32 Å². The lowest BCUT2D eigenvalue weighted by Gasteiger charge is -2.42. The summed E-state index contributed by atoms with van der Waals surface area (Å²) in [5, 5.41) is 3.46. The minimum atomic E-state index is -4.93. The van der Waals surface area contributed by atoms with E-state index in [0.717, 1.165) is 5.56 Å². The molecule has 35 heavy (non-hydrogen) atoms. The molecule has 4 atom stereocenters. The van der Waals surface area contributed by atoms with Crippen LogP contribution in [0, 0.1) is 5.92 Å². The quantitative estimate of drug-likeness (QED) is 0.393. The average Bonchev–Trinajstić information content (AvgIpc) is 3.11. The number of esters is 1. The van der Waals surface area contributed by atoms with Gasteiger partial charge in [0.05, 0.1) is 42.4 Å². The van der Waals surface area contributed by atoms with Crippen molar-refractivity contribution < 1.29 is 40.6 Å². The monoisotopic (exact) mass is 523 g/mol. The van der Waals surface area contributed by atoms with E-state index in [-0.39, 0.29) is 36.0 Å². The molecule has 2 saturated heterocycles. The summed E-state index contributed by atoms with van der Waals surface area (Å²) in [5.41, 5.74) is -2.98. The van der Waals surface area contributed by atoms with Gasteiger partial charge < -0.3 is 14.8 Å². The molecule has 11 heteroatoms. The zero-order valence-electron chi connectivity index (χ0n) is 18.6. The number of hydrogen-bond acceptors (Lipinski definition) is 4. The number of piperidine rings is 1. The van der Waals surface area contributed by atoms with Gasteiger partial charge in [-0.3, -0.25) is 4.79 Å². The molecule has 2 aliphatic heterocycles. The Morgan fingerprint density at radius 2 is 1.60 bits per heavy atom. The van der Waals surface area contributed by atoms with Crippen molar-refractivity contribution in [2.75, 3.05) is 7.11 Å². The molecule has 4 rings (SSSR count). The third-order valence-corrected chi connectivity index (χ3v) is 6.65. The van der Waals surface area contributed by atoms with E-state index < -0.39 is 47.6 Å². The molecule has 0 radical (unpaired) electrons. The number of nitrogens with one attached hydrogen (secondary N) is 1. The predicted molar refractivity (Wildman–Crippen MR) is 117 cm³/mol. The normalized spacial score (nSPS) is 26.2. The highest BCUT2D eigenvalue weighted by atomic mass is 35.5. The van der Waals surface area contributed by atoms with E-state index in [0.29, 0.717) is 31.4 Å². The summed E-state index contributed by atoms with van der Waals surface area (Å²) in [4.78, 5) is 12.4. The first-order valence-electron chi connectivity index (χ1n) is 10.7. The molecule has 2 bridgehead atoms. The largest absolute Gasteiger partial charge is 0.469 e. The summed E-state index contributed by atoms with van der Waals surface area (Å²) >= 11 is 0. The van der Waals surface area contributed by atoms with Crippen LogP contribution >= 0.6 is 12.4 Å². The van der Waals surface area contributed by atoms with Crippen LogP contribution in [0.5, 0.6) is 0 Å². The van der Waals surface area contributed by atoms with Gasteiger partial charge in [0.15, 0.2) is 0 Å². The number of hydrogen-bond donors (Lipinski definition) is 1. The zero-order valence-corrected chi connectivity index (χ0v) is 19.4. The minimum absolute atomic E-state index is 0. The van der Waals surface area contributed by atoms with E-state index in [1.54, 1.807) is 0 Å². The fourth-order valence-electron chi connectivity index (χ4n) is 5.10. The lowest BCUT2D eigenvalue weighted by atomic mass is 9.80. The van der Waals surface area contributed by atoms with Crippen molar-refractivity contribution in [2.24, 2.45) is 5.92 Å². The first-order chi connectivity index (χ1) is 15.9. The number of methoxy groups -OCH3 is 1. The number of carbonyl (C=O) groups is 1. The van der Waals surface area contributed by atoms with Crippen LogP contribution in [0.15, 0.2) is 48.5 Å². The molecular weight excluding hydrogens is 500 g/mol. The SMILES string of the molecule is COC(=O)[C@H]1C[C@]2(c3ccccc3)N[C@H]1CC[C@H]2OCc1cc(C(F)(F)F)cc(C(F)(F)F)c1.Cl. The fourth-order valence-corrected chi connectivity index (χ4v) is 5.10. The number of alkyl halides is 6. The van der Waals surface area contributed by atoms with Crippen LogP contribution in [0.25, 0.3) is 0 Å². The molecule has 192 valence electrons. The van der Waals surface area contributed by atoms with Gasteiger partial charge in [0.1, 0.15) is 0 Å². The maximum atomic E-state index is 13.2. The van der Waals surface area contributed by atoms with Gasteiger partial charge in [-0.25, -0.2) is 0 Å². The topological polar surface area (TPSA) is 47.6 Å². The maximum Gasteiger partial charge on any atom is 0.416 e. The lowest BCUT2D eigenvalue weighted by molar-refractivity contribution is -0.146. The highest BCUT2D eigenvalue weighted by Gasteiger charge is 2.56. The number of carbonyl (C=O) groups excluding carboxylic acids is 1. The molecule has 1 N–H and O–H groups in total. The number of halogens is 7. The molecule has 2 heterocycles. The van der Waals surface area contributed by atoms with Crippen LogP contribution in [0.3, 0.4) is 0 Å². The Morgan fingerprint density at radius 1 is 1.00 bits per heavy atom. The van der Waals surface area contributed by atoms with Crippen molar-refractivity contribution in [3.05, 3.63) is 70.8 Å². The van der Waals surface area contributed by atoms with Gasteiger partial charge in [0.2, 0.25) is 0 Å². The Balaban J connectivity index is 0.00000342. The summed E-state index contributed by atoms with van der Waals surface area (Å²) in [6.45, 7) is -0.443. The predicted octanol–water partition coefficient (Wildman–Crippen LogP) is 5.87. The Labute approximate surface area is 204 Å². The molecule has 0 aliphatic carbocycles. The van der Waals surface area contributed by atoms with Crippen LogP contribution in [0.1, 0.15) is 41.5 Å². The van der Waals surface area contributed by atoms with Gasteiger partial charge in [-0.1, -0.05) is 30.3 Å². The number of rotatable bonds is 5. The Kier molecular flexibility index (Phi) is 7.79. The molecule has 0 amide bonds. The van der Waals surface area contributed by atoms with Crippen LogP contribution < -0.4 is 5.32 Å². The summed E-state index contributed by atoms with van der Waals surface area (Å²) in [7, 11) is 1.31. The van der Waals surface area contributed by atoms with Gasteiger partial charge >= 0.3 is 18.3 Å². The van der Waals surface area contributed by atoms with E-state index in [1.807, 2.05) is 30.3 Å². The van der Waals surface area contributed by atoms with E-state index in [2.05, 4.69) is 5.32 Å². The van der Waals surface area contributed by atoms with Crippen molar-refractivity contribution in [3.63, 3.8) is 0 Å². The Hall–Kier alpha value is -2.30. The first kappa shape index (κ1) is 27.3. The number of ether oxygens (including phenoxy) is 2. The first-order valence-corrected chi connectivity index (χ1v) is 10.7. The second-order valence-electron chi connectivity index (χ2n) is 8.71. The van der Waals surface area contributed by atoms with E-state index >= 15 is 0 Å². The molecule has 0 spiro atoms. The molecule has 0 unspecified atom stereocenters. The highest BCUT2D eigenvalue weighted by Crippen LogP contribution is 2.48. The zero-order chi connectivity index (χ0) is 24.7. The van der Waals surface area contributed by atoms with Gasteiger partial charge in [-0.05, 0) is 48.6 Å². The van der Waals surface area contributed by atoms with Gasteiger partial charge in [-0.2, -0.15) is 26.3 Å². The second-order valence-corrected chi connectivity index (χ2v) is 8.71. The summed E-state index contributed by atoms with van der Waals surface area (Å²) in [6.07, 6.45) is -9.07. The van der Waals surface area contributed by atoms with E-state index in [1.165, 1.54) is 7.11 Å². The third-order valence-electron chi connectivity index (χ3n) is 6.65. The standard InChI is InChI=1S/C24H23F6NO3.ClH/c1-33-21(32)18-12-22(15-5-3-2-4-6-15)20(8-7-19(18)31-22)34-13-14-9-16(23(25,26)27)11-17(10-14)24(28,29)30;/h2-6,9-11,18-20,31H,7-8,12-13H2,1H3;1H/t18-,19-,20+,22+;/m0./s1. The molecule has 0 aromatic heterocycles. The number of benzene rings is 2. The molecule has 2 aromatic carbocycles. The fraction of sp³-hybridized carbons (Fsp3) is 0.458. The summed E-state index contributed by atoms with van der Waals surface area (Å²) in [5.74, 6) is -0.812. The van der Waals surface area contributed by atoms with Crippen LogP contribution in [-0.4, -0.2) is 25.2 Å². The van der Waals surface area contributed by atoms with Crippen molar-refractivity contribution >= 4 is 18.4 Å². The minimum Gasteiger partial charge on any atom is -0.469 e. The van der Waals surface area contributed by atoms with Crippen LogP contribution in [0.4, 0.5) is 26.3 Å². The molecule has 2 aromatic rings. The second kappa shape index (κ2) is 9.99. The van der Waals surface area contributed by atoms with Gasteiger partial charge in [-0.15, -0.1) is 12.4 Å². The van der Waals surface area contributed by atoms with Crippen molar-refractivity contribution in [1.29, 1.82) is 0 Å². The summed E-state index contributed by atoms with van der Waals surface area (Å²) < 4.78 is 90.3. The maximum absolute atomic E-state index is 13.2. The van der Waals surface area contributed by atoms with Crippen LogP contribution in [0.2, 0.25) is 0 Å². The summed E-state index contributed by atoms with van der Waals surface area (Å²) in [6, 6.07) is 10.5. The van der Waals surface area contributed by atoms with Crippen molar-refractivity contribution in [2.45, 2.75) is 55.9 Å². The van der Waals surface area contributed by atoms with Crippen LogP contribution in [-0.2, 0) is 38.8 Å². The average molecular weight is 524 g/mol. The number of fused-ring (bicyclic) bond motifs is 2. The van der Waals surface area contributed by atoms with Gasteiger partial charge in [0, 0.05) is 6.04 Å². The lowest BCUT2D eigenvalue weighted by Crippen LogP contribution is -2.54. The smallest absolute Gasteiger partial charge is 0.416 e. The van der Waals surface area contributed by atoms with E-state index in [4.69, 9.17) is 9.47 Å². The highest BCUT2D eigenvalue weighted by molar-refractivity contribution is 5.85. The Bertz CT molecular complexity index is 1010. The van der Waals surface area contributed by atoms with Crippen molar-refractivity contribution in [3.8, 4) is 0 Å². The van der Waals surface area contributed by atoms with E-state index in [9.17, 15) is 31.1 Å². The molecule has 0 saturated carbocycles.